The summed E-state index contributed by atoms with van der Waals surface area (Å²) in [6, 6.07) is 14.4. The highest BCUT2D eigenvalue weighted by Gasteiger charge is 2.36. The maximum Gasteiger partial charge on any atom is 0.325 e. The number of nitrogens with zero attached hydrogens (tertiary/aromatic N) is 6. The predicted octanol–water partition coefficient (Wildman–Crippen LogP) is 2.38. The van der Waals surface area contributed by atoms with Crippen LogP contribution in [0.1, 0.15) is 5.56 Å². The van der Waals surface area contributed by atoms with E-state index in [0.717, 1.165) is 29.4 Å². The van der Waals surface area contributed by atoms with Gasteiger partial charge in [0.2, 0.25) is 5.82 Å². The molecule has 118 valence electrons. The number of para-hydroxylation sites is 1. The number of rotatable bonds is 1. The largest absolute Gasteiger partial charge is 0.325 e. The molecule has 1 aliphatic rings. The van der Waals surface area contributed by atoms with Gasteiger partial charge in [-0.15, -0.1) is 0 Å². The number of hydrogen-bond donors (Lipinski definition) is 0. The maximum absolute atomic E-state index is 4.79. The summed E-state index contributed by atoms with van der Waals surface area (Å²) in [7, 11) is 0. The first-order valence-corrected chi connectivity index (χ1v) is 8.18. The van der Waals surface area contributed by atoms with Crippen molar-refractivity contribution in [2.75, 3.05) is 0 Å². The highest BCUT2D eigenvalue weighted by molar-refractivity contribution is 5.78. The fraction of sp³-hybridized carbons (Fsp3) is 0.0526. The second-order valence-electron chi connectivity index (χ2n) is 6.16. The Morgan fingerprint density at radius 3 is 2.84 bits per heavy atom. The molecule has 5 aromatic rings. The molecular weight excluding hydrogens is 312 g/mol. The summed E-state index contributed by atoms with van der Waals surface area (Å²) >= 11 is 0. The average Bonchev–Trinajstić information content (AvgIpc) is 3.30. The molecule has 1 aliphatic heterocycles. The molecular formula is C19H13N6+. The quantitative estimate of drug-likeness (QED) is 0.436. The molecule has 0 bridgehead atoms. The van der Waals surface area contributed by atoms with Crippen molar-refractivity contribution in [3.8, 4) is 17.1 Å². The topological polar surface area (TPSA) is 51.9 Å². The molecule has 5 heterocycles. The van der Waals surface area contributed by atoms with Crippen molar-refractivity contribution in [1.82, 2.24) is 23.9 Å². The molecule has 0 saturated heterocycles. The SMILES string of the molecule is c1ccc(-n2c3[n+](c4nc5ncccn5c42)Cc2cnccc2-3)cc1. The minimum atomic E-state index is 0.710. The molecule has 0 radical (unpaired) electrons. The van der Waals surface area contributed by atoms with Gasteiger partial charge in [-0.3, -0.25) is 4.98 Å². The van der Waals surface area contributed by atoms with Gasteiger partial charge in [-0.25, -0.2) is 18.5 Å². The molecule has 25 heavy (non-hydrogen) atoms. The lowest BCUT2D eigenvalue weighted by atomic mass is 10.1. The number of hydrogen-bond acceptors (Lipinski definition) is 3. The van der Waals surface area contributed by atoms with E-state index in [9.17, 15) is 0 Å². The Kier molecular flexibility index (Phi) is 2.31. The molecule has 0 unspecified atom stereocenters. The van der Waals surface area contributed by atoms with Crippen molar-refractivity contribution >= 4 is 17.1 Å². The van der Waals surface area contributed by atoms with E-state index in [-0.39, 0.29) is 0 Å². The van der Waals surface area contributed by atoms with Crippen molar-refractivity contribution in [2.45, 2.75) is 6.54 Å². The van der Waals surface area contributed by atoms with E-state index >= 15 is 0 Å². The van der Waals surface area contributed by atoms with Crippen LogP contribution in [0.4, 0.5) is 0 Å². The van der Waals surface area contributed by atoms with E-state index in [1.54, 1.807) is 6.20 Å². The highest BCUT2D eigenvalue weighted by Crippen LogP contribution is 2.33. The maximum atomic E-state index is 4.79. The number of aromatic nitrogens is 6. The first-order valence-electron chi connectivity index (χ1n) is 8.18. The minimum Gasteiger partial charge on any atom is -0.264 e. The number of fused-ring (bicyclic) bond motifs is 7. The standard InChI is InChI=1S/C19H13N6/c1-2-5-14(6-3-1)25-17-15-7-9-20-11-13(15)12-24(17)16-18(25)23-10-4-8-21-19(23)22-16/h1-11H,12H2/q+1. The van der Waals surface area contributed by atoms with Crippen LogP contribution in [-0.4, -0.2) is 23.9 Å². The van der Waals surface area contributed by atoms with Gasteiger partial charge in [0.15, 0.2) is 0 Å². The van der Waals surface area contributed by atoms with E-state index in [4.69, 9.17) is 4.98 Å². The van der Waals surface area contributed by atoms with E-state index < -0.39 is 0 Å². The van der Waals surface area contributed by atoms with Crippen molar-refractivity contribution in [3.63, 3.8) is 0 Å². The Labute approximate surface area is 142 Å². The van der Waals surface area contributed by atoms with Gasteiger partial charge in [0, 0.05) is 30.4 Å². The molecule has 0 fully saturated rings. The Bertz CT molecular complexity index is 1270. The summed E-state index contributed by atoms with van der Waals surface area (Å²) in [6.45, 7) is 0.777. The van der Waals surface area contributed by atoms with E-state index in [0.29, 0.717) is 5.78 Å². The van der Waals surface area contributed by atoms with Crippen molar-refractivity contribution in [2.24, 2.45) is 0 Å². The molecule has 6 heteroatoms. The fourth-order valence-electron chi connectivity index (χ4n) is 3.75. The Morgan fingerprint density at radius 1 is 1.00 bits per heavy atom. The van der Waals surface area contributed by atoms with Crippen LogP contribution in [0.5, 0.6) is 0 Å². The summed E-state index contributed by atoms with van der Waals surface area (Å²) in [6.07, 6.45) is 7.58. The highest BCUT2D eigenvalue weighted by atomic mass is 15.3. The predicted molar refractivity (Wildman–Crippen MR) is 92.3 cm³/mol. The zero-order valence-corrected chi connectivity index (χ0v) is 13.2. The lowest BCUT2D eigenvalue weighted by molar-refractivity contribution is -0.647. The minimum absolute atomic E-state index is 0.710. The van der Waals surface area contributed by atoms with Gasteiger partial charge in [0.25, 0.3) is 5.65 Å². The van der Waals surface area contributed by atoms with Crippen molar-refractivity contribution in [1.29, 1.82) is 0 Å². The van der Waals surface area contributed by atoms with Crippen LogP contribution in [0.3, 0.4) is 0 Å². The molecule has 0 N–H and O–H groups in total. The molecule has 0 aliphatic carbocycles. The molecule has 0 saturated carbocycles. The third-order valence-electron chi connectivity index (χ3n) is 4.78. The average molecular weight is 325 g/mol. The van der Waals surface area contributed by atoms with Gasteiger partial charge >= 0.3 is 11.4 Å². The summed E-state index contributed by atoms with van der Waals surface area (Å²) in [5.74, 6) is 1.85. The molecule has 0 spiro atoms. The zero-order chi connectivity index (χ0) is 16.4. The third kappa shape index (κ3) is 1.58. The lowest BCUT2D eigenvalue weighted by Crippen LogP contribution is -2.31. The van der Waals surface area contributed by atoms with Gasteiger partial charge in [-0.2, -0.15) is 0 Å². The van der Waals surface area contributed by atoms with E-state index in [1.165, 1.54) is 11.1 Å². The second-order valence-corrected chi connectivity index (χ2v) is 6.16. The van der Waals surface area contributed by atoms with Gasteiger partial charge in [0.05, 0.1) is 12.1 Å². The fourth-order valence-corrected chi connectivity index (χ4v) is 3.75. The molecule has 1 aromatic carbocycles. The van der Waals surface area contributed by atoms with Crippen LogP contribution in [-0.2, 0) is 6.54 Å². The summed E-state index contributed by atoms with van der Waals surface area (Å²) in [5.41, 5.74) is 5.50. The van der Waals surface area contributed by atoms with Crippen LogP contribution in [0.2, 0.25) is 0 Å². The number of benzene rings is 1. The van der Waals surface area contributed by atoms with Crippen LogP contribution >= 0.6 is 0 Å². The first kappa shape index (κ1) is 12.8. The Morgan fingerprint density at radius 2 is 1.92 bits per heavy atom. The van der Waals surface area contributed by atoms with Gasteiger partial charge < -0.3 is 0 Å². The third-order valence-corrected chi connectivity index (χ3v) is 4.78. The lowest BCUT2D eigenvalue weighted by Gasteiger charge is -2.04. The van der Waals surface area contributed by atoms with Crippen LogP contribution in [0.15, 0.2) is 67.3 Å². The number of pyridine rings is 1. The zero-order valence-electron chi connectivity index (χ0n) is 13.2. The molecule has 6 rings (SSSR count). The molecule has 4 aromatic heterocycles. The van der Waals surface area contributed by atoms with Crippen LogP contribution in [0, 0.1) is 0 Å². The van der Waals surface area contributed by atoms with E-state index in [1.807, 2.05) is 30.7 Å². The van der Waals surface area contributed by atoms with Crippen molar-refractivity contribution < 1.29 is 4.57 Å². The summed E-state index contributed by atoms with van der Waals surface area (Å²) in [4.78, 5) is 13.5. The summed E-state index contributed by atoms with van der Waals surface area (Å²) in [5, 5.41) is 0. The van der Waals surface area contributed by atoms with Crippen LogP contribution < -0.4 is 4.57 Å². The smallest absolute Gasteiger partial charge is 0.264 e. The first-order chi connectivity index (χ1) is 12.4. The van der Waals surface area contributed by atoms with Gasteiger partial charge in [-0.05, 0) is 24.3 Å². The van der Waals surface area contributed by atoms with Gasteiger partial charge in [0.1, 0.15) is 5.69 Å². The Balaban J connectivity index is 1.84. The molecule has 0 amide bonds. The second kappa shape index (κ2) is 4.51. The van der Waals surface area contributed by atoms with E-state index in [2.05, 4.69) is 53.8 Å². The van der Waals surface area contributed by atoms with Crippen LogP contribution in [0.25, 0.3) is 34.1 Å². The molecule has 0 atom stereocenters. The Hall–Kier alpha value is -3.54. The normalized spacial score (nSPS) is 12.6. The van der Waals surface area contributed by atoms with Crippen molar-refractivity contribution in [3.05, 3.63) is 72.8 Å². The van der Waals surface area contributed by atoms with Gasteiger partial charge in [-0.1, -0.05) is 23.2 Å². The monoisotopic (exact) mass is 325 g/mol. The summed E-state index contributed by atoms with van der Waals surface area (Å²) < 4.78 is 6.57. The number of imidazole rings is 2. The molecule has 6 nitrogen and oxygen atoms in total.